The van der Waals surface area contributed by atoms with Gasteiger partial charge in [0, 0.05) is 36.6 Å². The zero-order valence-electron chi connectivity index (χ0n) is 14.6. The molecule has 1 amide bonds. The number of carbonyl (C=O) groups is 1. The van der Waals surface area contributed by atoms with Crippen molar-refractivity contribution in [3.8, 4) is 0 Å². The van der Waals surface area contributed by atoms with Crippen LogP contribution in [-0.2, 0) is 11.3 Å². The van der Waals surface area contributed by atoms with Crippen LogP contribution < -0.4 is 15.8 Å². The van der Waals surface area contributed by atoms with Crippen LogP contribution in [0.5, 0.6) is 0 Å². The number of amides is 1. The molecule has 25 heavy (non-hydrogen) atoms. The van der Waals surface area contributed by atoms with Crippen LogP contribution in [0.3, 0.4) is 0 Å². The molecular formula is C19H23N3O3. The number of morpholine rings is 1. The summed E-state index contributed by atoms with van der Waals surface area (Å²) in [6.45, 7) is 6.78. The van der Waals surface area contributed by atoms with Crippen LogP contribution in [0.2, 0.25) is 0 Å². The third kappa shape index (κ3) is 3.91. The molecule has 6 heteroatoms. The number of hydrogen-bond acceptors (Lipinski definition) is 4. The van der Waals surface area contributed by atoms with Crippen LogP contribution in [0.1, 0.15) is 27.2 Å². The van der Waals surface area contributed by atoms with Gasteiger partial charge in [-0.25, -0.2) is 0 Å². The third-order valence-electron chi connectivity index (χ3n) is 4.42. The summed E-state index contributed by atoms with van der Waals surface area (Å²) in [6, 6.07) is 9.44. The number of ether oxygens (including phenoxy) is 1. The number of pyridine rings is 1. The van der Waals surface area contributed by atoms with E-state index in [0.717, 1.165) is 30.0 Å². The van der Waals surface area contributed by atoms with Crippen molar-refractivity contribution < 1.29 is 9.53 Å². The van der Waals surface area contributed by atoms with Gasteiger partial charge in [0.1, 0.15) is 0 Å². The number of rotatable bonds is 4. The highest BCUT2D eigenvalue weighted by Gasteiger charge is 2.18. The van der Waals surface area contributed by atoms with Crippen LogP contribution in [0, 0.1) is 13.8 Å². The van der Waals surface area contributed by atoms with Crippen molar-refractivity contribution >= 4 is 11.6 Å². The average molecular weight is 341 g/mol. The number of nitrogens with zero attached hydrogens (tertiary/aromatic N) is 1. The Kier molecular flexibility index (Phi) is 5.19. The highest BCUT2D eigenvalue weighted by atomic mass is 16.5. The minimum atomic E-state index is -0.179. The number of nitrogens with one attached hydrogen (secondary N) is 2. The SMILES string of the molecule is Cc1cc(C)c(CNC(=O)c2ccccc2N2CCOCC2)c(=O)[nH]1. The first-order valence-electron chi connectivity index (χ1n) is 8.45. The maximum Gasteiger partial charge on any atom is 0.253 e. The number of aryl methyl sites for hydroxylation is 2. The molecule has 1 aromatic heterocycles. The van der Waals surface area contributed by atoms with E-state index in [1.165, 1.54) is 0 Å². The molecule has 2 heterocycles. The molecule has 1 saturated heterocycles. The summed E-state index contributed by atoms with van der Waals surface area (Å²) >= 11 is 0. The lowest BCUT2D eigenvalue weighted by Crippen LogP contribution is -2.38. The summed E-state index contributed by atoms with van der Waals surface area (Å²) in [5.74, 6) is -0.179. The van der Waals surface area contributed by atoms with Crippen molar-refractivity contribution in [2.45, 2.75) is 20.4 Å². The Morgan fingerprint density at radius 2 is 1.96 bits per heavy atom. The molecule has 132 valence electrons. The Labute approximate surface area is 146 Å². The highest BCUT2D eigenvalue weighted by molar-refractivity contribution is 5.99. The first-order chi connectivity index (χ1) is 12.1. The first-order valence-corrected chi connectivity index (χ1v) is 8.45. The molecular weight excluding hydrogens is 318 g/mol. The summed E-state index contributed by atoms with van der Waals surface area (Å²) in [5.41, 5.74) is 3.64. The van der Waals surface area contributed by atoms with Crippen molar-refractivity contribution in [3.05, 3.63) is 63.1 Å². The zero-order valence-corrected chi connectivity index (χ0v) is 14.6. The first kappa shape index (κ1) is 17.2. The van der Waals surface area contributed by atoms with Crippen molar-refractivity contribution in [2.75, 3.05) is 31.2 Å². The number of aromatic nitrogens is 1. The number of hydrogen-bond donors (Lipinski definition) is 2. The van der Waals surface area contributed by atoms with Crippen molar-refractivity contribution in [2.24, 2.45) is 0 Å². The fourth-order valence-electron chi connectivity index (χ4n) is 3.11. The van der Waals surface area contributed by atoms with Crippen LogP contribution >= 0.6 is 0 Å². The van der Waals surface area contributed by atoms with E-state index in [1.54, 1.807) is 0 Å². The topological polar surface area (TPSA) is 74.4 Å². The number of anilines is 1. The summed E-state index contributed by atoms with van der Waals surface area (Å²) < 4.78 is 5.38. The smallest absolute Gasteiger partial charge is 0.253 e. The molecule has 1 aromatic carbocycles. The van der Waals surface area contributed by atoms with Gasteiger partial charge in [-0.15, -0.1) is 0 Å². The molecule has 0 unspecified atom stereocenters. The van der Waals surface area contributed by atoms with Gasteiger partial charge in [-0.1, -0.05) is 12.1 Å². The Morgan fingerprint density at radius 3 is 2.68 bits per heavy atom. The number of H-pyrrole nitrogens is 1. The van der Waals surface area contributed by atoms with E-state index in [9.17, 15) is 9.59 Å². The predicted octanol–water partition coefficient (Wildman–Crippen LogP) is 1.76. The van der Waals surface area contributed by atoms with Crippen molar-refractivity contribution in [3.63, 3.8) is 0 Å². The predicted molar refractivity (Wildman–Crippen MR) is 97.2 cm³/mol. The Morgan fingerprint density at radius 1 is 1.24 bits per heavy atom. The van der Waals surface area contributed by atoms with E-state index >= 15 is 0 Å². The maximum atomic E-state index is 12.7. The van der Waals surface area contributed by atoms with Crippen LogP contribution in [0.25, 0.3) is 0 Å². The Bertz CT molecular complexity index is 823. The number of aromatic amines is 1. The van der Waals surface area contributed by atoms with Gasteiger partial charge in [0.05, 0.1) is 18.8 Å². The minimum Gasteiger partial charge on any atom is -0.378 e. The number of benzene rings is 1. The number of para-hydroxylation sites is 1. The van der Waals surface area contributed by atoms with E-state index in [-0.39, 0.29) is 18.0 Å². The Balaban J connectivity index is 1.77. The second-order valence-corrected chi connectivity index (χ2v) is 6.24. The molecule has 2 N–H and O–H groups in total. The molecule has 0 radical (unpaired) electrons. The quantitative estimate of drug-likeness (QED) is 0.889. The summed E-state index contributed by atoms with van der Waals surface area (Å²) in [5, 5.41) is 2.88. The summed E-state index contributed by atoms with van der Waals surface area (Å²) in [7, 11) is 0. The normalized spacial score (nSPS) is 14.4. The molecule has 0 saturated carbocycles. The highest BCUT2D eigenvalue weighted by Crippen LogP contribution is 2.21. The van der Waals surface area contributed by atoms with E-state index in [4.69, 9.17) is 4.74 Å². The summed E-state index contributed by atoms with van der Waals surface area (Å²) in [4.78, 5) is 29.7. The standard InChI is InChI=1S/C19H23N3O3/c1-13-11-14(2)21-19(24)16(13)12-20-18(23)15-5-3-4-6-17(15)22-7-9-25-10-8-22/h3-6,11H,7-10,12H2,1-2H3,(H,20,23)(H,21,24). The van der Waals surface area contributed by atoms with Gasteiger partial charge in [0.15, 0.2) is 0 Å². The molecule has 1 aliphatic rings. The van der Waals surface area contributed by atoms with Crippen LogP contribution in [0.4, 0.5) is 5.69 Å². The van der Waals surface area contributed by atoms with Gasteiger partial charge in [0.25, 0.3) is 11.5 Å². The van der Waals surface area contributed by atoms with Crippen molar-refractivity contribution in [1.29, 1.82) is 0 Å². The van der Waals surface area contributed by atoms with Gasteiger partial charge < -0.3 is 19.9 Å². The molecule has 0 bridgehead atoms. The molecule has 0 aliphatic carbocycles. The maximum absolute atomic E-state index is 12.7. The van der Waals surface area contributed by atoms with Gasteiger partial charge in [0.2, 0.25) is 0 Å². The fourth-order valence-corrected chi connectivity index (χ4v) is 3.11. The second kappa shape index (κ2) is 7.53. The monoisotopic (exact) mass is 341 g/mol. The van der Waals surface area contributed by atoms with Crippen LogP contribution in [0.15, 0.2) is 35.1 Å². The van der Waals surface area contributed by atoms with Crippen LogP contribution in [-0.4, -0.2) is 37.2 Å². The van der Waals surface area contributed by atoms with Gasteiger partial charge in [-0.3, -0.25) is 9.59 Å². The van der Waals surface area contributed by atoms with E-state index in [2.05, 4.69) is 15.2 Å². The molecule has 0 atom stereocenters. The van der Waals surface area contributed by atoms with E-state index < -0.39 is 0 Å². The van der Waals surface area contributed by atoms with Gasteiger partial charge >= 0.3 is 0 Å². The molecule has 1 aliphatic heterocycles. The largest absolute Gasteiger partial charge is 0.378 e. The number of carbonyl (C=O) groups excluding carboxylic acids is 1. The lowest BCUT2D eigenvalue weighted by molar-refractivity contribution is 0.0949. The molecule has 0 spiro atoms. The average Bonchev–Trinajstić information content (AvgIpc) is 2.61. The van der Waals surface area contributed by atoms with Gasteiger partial charge in [-0.05, 0) is 37.6 Å². The van der Waals surface area contributed by atoms with E-state index in [1.807, 2.05) is 44.2 Å². The fraction of sp³-hybridized carbons (Fsp3) is 0.368. The Hall–Kier alpha value is -2.60. The minimum absolute atomic E-state index is 0.153. The zero-order chi connectivity index (χ0) is 17.8. The lowest BCUT2D eigenvalue weighted by Gasteiger charge is -2.30. The third-order valence-corrected chi connectivity index (χ3v) is 4.42. The molecule has 6 nitrogen and oxygen atoms in total. The van der Waals surface area contributed by atoms with Crippen molar-refractivity contribution in [1.82, 2.24) is 10.3 Å². The molecule has 3 rings (SSSR count). The van der Waals surface area contributed by atoms with Gasteiger partial charge in [-0.2, -0.15) is 0 Å². The molecule has 2 aromatic rings. The van der Waals surface area contributed by atoms with E-state index in [0.29, 0.717) is 24.3 Å². The second-order valence-electron chi connectivity index (χ2n) is 6.24. The lowest BCUT2D eigenvalue weighted by atomic mass is 10.1. The molecule has 1 fully saturated rings. The summed E-state index contributed by atoms with van der Waals surface area (Å²) in [6.07, 6.45) is 0.